The summed E-state index contributed by atoms with van der Waals surface area (Å²) in [5.41, 5.74) is 1.99. The van der Waals surface area contributed by atoms with E-state index in [-0.39, 0.29) is 0 Å². The number of benzene rings is 1. The summed E-state index contributed by atoms with van der Waals surface area (Å²) in [4.78, 5) is 4.54. The zero-order valence-corrected chi connectivity index (χ0v) is 8.45. The first-order valence-electron chi connectivity index (χ1n) is 4.28. The van der Waals surface area contributed by atoms with Gasteiger partial charge in [-0.1, -0.05) is 12.1 Å². The fraction of sp³-hybridized carbons (Fsp3) is 0.400. The third-order valence-corrected chi connectivity index (χ3v) is 1.90. The third-order valence-electron chi connectivity index (χ3n) is 1.90. The van der Waals surface area contributed by atoms with Gasteiger partial charge >= 0.3 is 0 Å². The predicted octanol–water partition coefficient (Wildman–Crippen LogP) is 1.23. The summed E-state index contributed by atoms with van der Waals surface area (Å²) in [6, 6.07) is 5.77. The Morgan fingerprint density at radius 1 is 1.21 bits per heavy atom. The minimum Gasteiger partial charge on any atom is -0.496 e. The summed E-state index contributed by atoms with van der Waals surface area (Å²) in [6.07, 6.45) is 0. The fourth-order valence-electron chi connectivity index (χ4n) is 1.25. The van der Waals surface area contributed by atoms with Gasteiger partial charge in [-0.25, -0.2) is 5.90 Å². The van der Waals surface area contributed by atoms with Crippen LogP contribution in [0.4, 0.5) is 0 Å². The zero-order valence-electron chi connectivity index (χ0n) is 8.45. The van der Waals surface area contributed by atoms with Crippen LogP contribution in [0.25, 0.3) is 0 Å². The third kappa shape index (κ3) is 2.70. The first kappa shape index (κ1) is 11.0. The van der Waals surface area contributed by atoms with Crippen LogP contribution in [-0.4, -0.2) is 14.2 Å². The van der Waals surface area contributed by atoms with Gasteiger partial charge in [0, 0.05) is 12.7 Å². The summed E-state index contributed by atoms with van der Waals surface area (Å²) in [6.45, 7) is 0.913. The largest absolute Gasteiger partial charge is 0.496 e. The molecule has 0 atom stereocenters. The van der Waals surface area contributed by atoms with Crippen LogP contribution in [-0.2, 0) is 22.8 Å². The van der Waals surface area contributed by atoms with Crippen molar-refractivity contribution < 1.29 is 14.3 Å². The van der Waals surface area contributed by atoms with Gasteiger partial charge in [0.2, 0.25) is 0 Å². The van der Waals surface area contributed by atoms with Crippen molar-refractivity contribution in [1.82, 2.24) is 0 Å². The van der Waals surface area contributed by atoms with Crippen LogP contribution in [0.1, 0.15) is 11.1 Å². The lowest BCUT2D eigenvalue weighted by Gasteiger charge is -2.09. The monoisotopic (exact) mass is 197 g/mol. The summed E-state index contributed by atoms with van der Waals surface area (Å²) < 4.78 is 10.2. The first-order chi connectivity index (χ1) is 6.81. The molecule has 4 heteroatoms. The number of hydrogen-bond donors (Lipinski definition) is 1. The van der Waals surface area contributed by atoms with Gasteiger partial charge in [-0.05, 0) is 11.6 Å². The summed E-state index contributed by atoms with van der Waals surface area (Å²) >= 11 is 0. The molecule has 14 heavy (non-hydrogen) atoms. The summed E-state index contributed by atoms with van der Waals surface area (Å²) in [5.74, 6) is 5.78. The van der Waals surface area contributed by atoms with E-state index in [0.29, 0.717) is 13.2 Å². The molecule has 1 aromatic rings. The average Bonchev–Trinajstić information content (AvgIpc) is 2.21. The highest BCUT2D eigenvalue weighted by Crippen LogP contribution is 2.21. The Kier molecular flexibility index (Phi) is 4.39. The van der Waals surface area contributed by atoms with Gasteiger partial charge in [-0.2, -0.15) is 0 Å². The predicted molar refractivity (Wildman–Crippen MR) is 52.7 cm³/mol. The molecule has 0 unspecified atom stereocenters. The van der Waals surface area contributed by atoms with Crippen molar-refractivity contribution in [3.05, 3.63) is 29.3 Å². The molecule has 1 rings (SSSR count). The topological polar surface area (TPSA) is 53.7 Å². The number of hydrogen-bond acceptors (Lipinski definition) is 4. The second-order valence-corrected chi connectivity index (χ2v) is 2.89. The molecule has 0 aliphatic rings. The van der Waals surface area contributed by atoms with Crippen LogP contribution >= 0.6 is 0 Å². The van der Waals surface area contributed by atoms with Crippen LogP contribution in [0.15, 0.2) is 18.2 Å². The smallest absolute Gasteiger partial charge is 0.124 e. The molecular formula is C10H15NO3. The van der Waals surface area contributed by atoms with Crippen molar-refractivity contribution >= 4 is 0 Å². The minimum absolute atomic E-state index is 0.379. The van der Waals surface area contributed by atoms with Gasteiger partial charge < -0.3 is 9.47 Å². The minimum atomic E-state index is 0.379. The van der Waals surface area contributed by atoms with Crippen LogP contribution in [0.3, 0.4) is 0 Å². The van der Waals surface area contributed by atoms with E-state index in [2.05, 4.69) is 4.84 Å². The quantitative estimate of drug-likeness (QED) is 0.721. The Labute approximate surface area is 83.5 Å². The highest BCUT2D eigenvalue weighted by Gasteiger charge is 2.03. The van der Waals surface area contributed by atoms with Gasteiger partial charge in [0.05, 0.1) is 20.3 Å². The molecule has 4 nitrogen and oxygen atoms in total. The molecule has 0 saturated carbocycles. The molecule has 1 aromatic carbocycles. The Morgan fingerprint density at radius 3 is 2.57 bits per heavy atom. The molecule has 2 N–H and O–H groups in total. The first-order valence-corrected chi connectivity index (χ1v) is 4.28. The molecule has 0 spiro atoms. The fourth-order valence-corrected chi connectivity index (χ4v) is 1.25. The van der Waals surface area contributed by atoms with Crippen molar-refractivity contribution in [2.75, 3.05) is 14.2 Å². The Balaban J connectivity index is 2.87. The molecule has 0 aliphatic heterocycles. The van der Waals surface area contributed by atoms with Gasteiger partial charge in [0.25, 0.3) is 0 Å². The lowest BCUT2D eigenvalue weighted by Crippen LogP contribution is -2.00. The number of ether oxygens (including phenoxy) is 2. The molecule has 78 valence electrons. The molecule has 0 aliphatic carbocycles. The molecule has 0 amide bonds. The maximum Gasteiger partial charge on any atom is 0.124 e. The Hall–Kier alpha value is -1.10. The average molecular weight is 197 g/mol. The van der Waals surface area contributed by atoms with Crippen LogP contribution in [0, 0.1) is 0 Å². The second-order valence-electron chi connectivity index (χ2n) is 2.89. The van der Waals surface area contributed by atoms with Crippen molar-refractivity contribution in [2.24, 2.45) is 5.90 Å². The van der Waals surface area contributed by atoms with E-state index in [4.69, 9.17) is 15.4 Å². The standard InChI is InChI=1S/C10H15NO3/c1-12-7-9-4-3-8(6-14-11)5-10(9)13-2/h3-5H,6-7,11H2,1-2H3. The number of rotatable bonds is 5. The molecule has 0 saturated heterocycles. The van der Waals surface area contributed by atoms with Crippen molar-refractivity contribution in [3.8, 4) is 5.75 Å². The highest BCUT2D eigenvalue weighted by molar-refractivity contribution is 5.36. The van der Waals surface area contributed by atoms with E-state index in [1.54, 1.807) is 14.2 Å². The van der Waals surface area contributed by atoms with E-state index in [0.717, 1.165) is 16.9 Å². The molecule has 0 aromatic heterocycles. The maximum absolute atomic E-state index is 5.21. The highest BCUT2D eigenvalue weighted by atomic mass is 16.6. The molecular weight excluding hydrogens is 182 g/mol. The lowest BCUT2D eigenvalue weighted by molar-refractivity contribution is 0.124. The van der Waals surface area contributed by atoms with E-state index < -0.39 is 0 Å². The maximum atomic E-state index is 5.21. The normalized spacial score (nSPS) is 10.2. The van der Waals surface area contributed by atoms with Crippen molar-refractivity contribution in [2.45, 2.75) is 13.2 Å². The molecule has 0 fully saturated rings. The molecule has 0 heterocycles. The SMILES string of the molecule is COCc1ccc(CON)cc1OC. The van der Waals surface area contributed by atoms with Crippen molar-refractivity contribution in [3.63, 3.8) is 0 Å². The van der Waals surface area contributed by atoms with E-state index in [1.807, 2.05) is 18.2 Å². The van der Waals surface area contributed by atoms with E-state index in [1.165, 1.54) is 0 Å². The summed E-state index contributed by atoms with van der Waals surface area (Å²) in [7, 11) is 3.28. The van der Waals surface area contributed by atoms with Crippen molar-refractivity contribution in [1.29, 1.82) is 0 Å². The summed E-state index contributed by atoms with van der Waals surface area (Å²) in [5, 5.41) is 0. The van der Waals surface area contributed by atoms with Crippen LogP contribution < -0.4 is 10.6 Å². The Bertz CT molecular complexity index is 289. The number of nitrogens with two attached hydrogens (primary N) is 1. The molecule has 0 bridgehead atoms. The number of methoxy groups -OCH3 is 2. The van der Waals surface area contributed by atoms with Gasteiger partial charge in [-0.3, -0.25) is 4.84 Å². The van der Waals surface area contributed by atoms with Gasteiger partial charge in [0.15, 0.2) is 0 Å². The van der Waals surface area contributed by atoms with Crippen LogP contribution in [0.5, 0.6) is 5.75 Å². The Morgan fingerprint density at radius 2 is 2.00 bits per heavy atom. The lowest BCUT2D eigenvalue weighted by atomic mass is 10.1. The van der Waals surface area contributed by atoms with Gasteiger partial charge in [-0.15, -0.1) is 0 Å². The zero-order chi connectivity index (χ0) is 10.4. The molecule has 0 radical (unpaired) electrons. The second kappa shape index (κ2) is 5.59. The van der Waals surface area contributed by atoms with E-state index in [9.17, 15) is 0 Å². The van der Waals surface area contributed by atoms with Crippen LogP contribution in [0.2, 0.25) is 0 Å². The van der Waals surface area contributed by atoms with Gasteiger partial charge in [0.1, 0.15) is 5.75 Å². The van der Waals surface area contributed by atoms with E-state index >= 15 is 0 Å².